The van der Waals surface area contributed by atoms with Gasteiger partial charge >= 0.3 is 0 Å². The van der Waals surface area contributed by atoms with E-state index in [0.717, 1.165) is 5.82 Å². The van der Waals surface area contributed by atoms with Gasteiger partial charge in [0.1, 0.15) is 11.6 Å². The van der Waals surface area contributed by atoms with E-state index in [1.807, 2.05) is 6.20 Å². The van der Waals surface area contributed by atoms with Crippen LogP contribution in [0.1, 0.15) is 77.0 Å². The van der Waals surface area contributed by atoms with E-state index in [4.69, 9.17) is 4.98 Å². The summed E-state index contributed by atoms with van der Waals surface area (Å²) in [5.74, 6) is 2.90. The van der Waals surface area contributed by atoms with Crippen molar-refractivity contribution in [3.05, 3.63) is 18.1 Å². The largest absolute Gasteiger partial charge is 0.348 e. The van der Waals surface area contributed by atoms with Crippen LogP contribution in [0.2, 0.25) is 0 Å². The minimum Gasteiger partial charge on any atom is -0.348 e. The highest BCUT2D eigenvalue weighted by Gasteiger charge is 2.41. The smallest absolute Gasteiger partial charge is 0.133 e. The number of anilines is 1. The van der Waals surface area contributed by atoms with Gasteiger partial charge in [0.25, 0.3) is 0 Å². The fraction of sp³-hybridized carbons (Fsp3) is 0.800. The number of likely N-dealkylation sites (tertiary alicyclic amines) is 1. The lowest BCUT2D eigenvalue weighted by atomic mass is 9.89. The zero-order chi connectivity index (χ0) is 16.5. The molecule has 0 amide bonds. The molecule has 1 aromatic rings. The third-order valence-electron chi connectivity index (χ3n) is 6.62. The van der Waals surface area contributed by atoms with Gasteiger partial charge in [-0.2, -0.15) is 0 Å². The van der Waals surface area contributed by atoms with Crippen molar-refractivity contribution in [3.8, 4) is 0 Å². The van der Waals surface area contributed by atoms with E-state index in [0.29, 0.717) is 24.0 Å². The number of aromatic nitrogens is 2. The van der Waals surface area contributed by atoms with E-state index in [2.05, 4.69) is 34.7 Å². The fourth-order valence-corrected chi connectivity index (χ4v) is 4.99. The first-order valence-corrected chi connectivity index (χ1v) is 10.1. The topological polar surface area (TPSA) is 32.3 Å². The summed E-state index contributed by atoms with van der Waals surface area (Å²) in [4.78, 5) is 15.0. The summed E-state index contributed by atoms with van der Waals surface area (Å²) in [5, 5.41) is 0. The Labute approximate surface area is 146 Å². The van der Waals surface area contributed by atoms with Crippen molar-refractivity contribution < 1.29 is 0 Å². The van der Waals surface area contributed by atoms with Gasteiger partial charge in [0.2, 0.25) is 0 Å². The summed E-state index contributed by atoms with van der Waals surface area (Å²) in [6.07, 6.45) is 12.5. The van der Waals surface area contributed by atoms with Crippen molar-refractivity contribution in [1.29, 1.82) is 0 Å². The van der Waals surface area contributed by atoms with Crippen molar-refractivity contribution in [2.24, 2.45) is 0 Å². The van der Waals surface area contributed by atoms with Crippen molar-refractivity contribution in [3.63, 3.8) is 0 Å². The molecule has 2 aliphatic heterocycles. The number of piperazine rings is 1. The molecule has 3 aliphatic rings. The molecule has 0 aromatic carbocycles. The van der Waals surface area contributed by atoms with Crippen LogP contribution in [0.4, 0.5) is 5.82 Å². The lowest BCUT2D eigenvalue weighted by molar-refractivity contribution is 0.163. The SMILES string of the molecule is CCC(C)N1CC2CCC(C1)N2c1ccnc(C2CCCCC2)n1. The molecule has 2 saturated heterocycles. The maximum Gasteiger partial charge on any atom is 0.133 e. The average Bonchev–Trinajstić information content (AvgIpc) is 2.91. The Hall–Kier alpha value is -1.16. The van der Waals surface area contributed by atoms with Gasteiger partial charge in [-0.15, -0.1) is 0 Å². The Morgan fingerprint density at radius 1 is 1.08 bits per heavy atom. The Morgan fingerprint density at radius 3 is 2.46 bits per heavy atom. The van der Waals surface area contributed by atoms with Gasteiger partial charge in [-0.25, -0.2) is 9.97 Å². The highest BCUT2D eigenvalue weighted by molar-refractivity contribution is 5.44. The summed E-state index contributed by atoms with van der Waals surface area (Å²) in [6.45, 7) is 7.09. The zero-order valence-electron chi connectivity index (χ0n) is 15.3. The summed E-state index contributed by atoms with van der Waals surface area (Å²) >= 11 is 0. The van der Waals surface area contributed by atoms with Crippen LogP contribution in [-0.2, 0) is 0 Å². The first-order chi connectivity index (χ1) is 11.8. The molecule has 24 heavy (non-hydrogen) atoms. The van der Waals surface area contributed by atoms with Crippen molar-refractivity contribution in [2.45, 2.75) is 89.3 Å². The van der Waals surface area contributed by atoms with Crippen LogP contribution in [0.25, 0.3) is 0 Å². The molecule has 132 valence electrons. The molecule has 1 aromatic heterocycles. The summed E-state index contributed by atoms with van der Waals surface area (Å²) in [6, 6.07) is 4.15. The number of hydrogen-bond donors (Lipinski definition) is 0. The first kappa shape index (κ1) is 16.3. The van der Waals surface area contributed by atoms with E-state index in [1.54, 1.807) is 0 Å². The maximum absolute atomic E-state index is 5.05. The molecule has 3 fully saturated rings. The van der Waals surface area contributed by atoms with Crippen molar-refractivity contribution in [1.82, 2.24) is 14.9 Å². The number of fused-ring (bicyclic) bond motifs is 2. The van der Waals surface area contributed by atoms with E-state index in [1.165, 1.54) is 70.3 Å². The highest BCUT2D eigenvalue weighted by Crippen LogP contribution is 2.36. The van der Waals surface area contributed by atoms with E-state index in [-0.39, 0.29) is 0 Å². The molecule has 4 heteroatoms. The molecular formula is C20H32N4. The van der Waals surface area contributed by atoms with Crippen molar-refractivity contribution in [2.75, 3.05) is 18.0 Å². The quantitative estimate of drug-likeness (QED) is 0.837. The lowest BCUT2D eigenvalue weighted by Crippen LogP contribution is -2.56. The van der Waals surface area contributed by atoms with Crippen LogP contribution in [0.3, 0.4) is 0 Å². The average molecular weight is 329 g/mol. The molecule has 1 saturated carbocycles. The van der Waals surface area contributed by atoms with Crippen molar-refractivity contribution >= 4 is 5.82 Å². The fourth-order valence-electron chi connectivity index (χ4n) is 4.99. The number of rotatable bonds is 4. The molecule has 4 nitrogen and oxygen atoms in total. The molecular weight excluding hydrogens is 296 g/mol. The molecule has 3 atom stereocenters. The second-order valence-electron chi connectivity index (χ2n) is 8.11. The van der Waals surface area contributed by atoms with E-state index in [9.17, 15) is 0 Å². The standard InChI is InChI=1S/C20H32N4/c1-3-15(2)23-13-17-9-10-18(14-23)24(17)19-11-12-21-20(22-19)16-7-5-4-6-8-16/h11-12,15-18H,3-10,13-14H2,1-2H3. The molecule has 0 radical (unpaired) electrons. The van der Waals surface area contributed by atoms with Gasteiger partial charge in [-0.05, 0) is 45.1 Å². The molecule has 3 heterocycles. The summed E-state index contributed by atoms with van der Waals surface area (Å²) < 4.78 is 0. The predicted octanol–water partition coefficient (Wildman–Crippen LogP) is 3.98. The number of nitrogens with zero attached hydrogens (tertiary/aromatic N) is 4. The van der Waals surface area contributed by atoms with Crippen LogP contribution in [0, 0.1) is 0 Å². The number of hydrogen-bond acceptors (Lipinski definition) is 4. The Balaban J connectivity index is 1.52. The Morgan fingerprint density at radius 2 is 1.79 bits per heavy atom. The second kappa shape index (κ2) is 6.99. The van der Waals surface area contributed by atoms with Gasteiger partial charge in [-0.1, -0.05) is 26.2 Å². The lowest BCUT2D eigenvalue weighted by Gasteiger charge is -2.44. The molecule has 3 unspecified atom stereocenters. The minimum atomic E-state index is 0.595. The Kier molecular flexibility index (Phi) is 4.75. The highest BCUT2D eigenvalue weighted by atomic mass is 15.4. The molecule has 0 spiro atoms. The first-order valence-electron chi connectivity index (χ1n) is 10.1. The van der Waals surface area contributed by atoms with Crippen LogP contribution in [0.15, 0.2) is 12.3 Å². The summed E-state index contributed by atoms with van der Waals surface area (Å²) in [7, 11) is 0. The predicted molar refractivity (Wildman–Crippen MR) is 98.5 cm³/mol. The van der Waals surface area contributed by atoms with Crippen LogP contribution < -0.4 is 4.90 Å². The van der Waals surface area contributed by atoms with E-state index >= 15 is 0 Å². The normalized spacial score (nSPS) is 29.8. The van der Waals surface area contributed by atoms with Crippen LogP contribution in [-0.4, -0.2) is 46.1 Å². The molecule has 1 aliphatic carbocycles. The third kappa shape index (κ3) is 3.05. The van der Waals surface area contributed by atoms with Gasteiger partial charge < -0.3 is 4.90 Å². The second-order valence-corrected chi connectivity index (χ2v) is 8.11. The van der Waals surface area contributed by atoms with Gasteiger partial charge in [0.15, 0.2) is 0 Å². The third-order valence-corrected chi connectivity index (χ3v) is 6.62. The molecule has 2 bridgehead atoms. The molecule has 0 N–H and O–H groups in total. The minimum absolute atomic E-state index is 0.595. The van der Waals surface area contributed by atoms with Crippen LogP contribution in [0.5, 0.6) is 0 Å². The van der Waals surface area contributed by atoms with E-state index < -0.39 is 0 Å². The van der Waals surface area contributed by atoms with Crippen LogP contribution >= 0.6 is 0 Å². The monoisotopic (exact) mass is 328 g/mol. The zero-order valence-corrected chi connectivity index (χ0v) is 15.3. The van der Waals surface area contributed by atoms with Gasteiger partial charge in [-0.3, -0.25) is 4.90 Å². The Bertz CT molecular complexity index is 540. The van der Waals surface area contributed by atoms with Gasteiger partial charge in [0.05, 0.1) is 0 Å². The maximum atomic E-state index is 5.05. The van der Waals surface area contributed by atoms with Gasteiger partial charge in [0, 0.05) is 43.3 Å². The molecule has 4 rings (SSSR count). The summed E-state index contributed by atoms with van der Waals surface area (Å²) in [5.41, 5.74) is 0.